The highest BCUT2D eigenvalue weighted by atomic mass is 16.2. The van der Waals surface area contributed by atoms with Crippen LogP contribution in [0.15, 0.2) is 35.3 Å². The zero-order valence-corrected chi connectivity index (χ0v) is 21.2. The average Bonchev–Trinajstić information content (AvgIpc) is 2.83. The Labute approximate surface area is 213 Å². The molecule has 1 atom stereocenters. The molecule has 0 radical (unpaired) electrons. The van der Waals surface area contributed by atoms with Crippen molar-refractivity contribution in [3.63, 3.8) is 0 Å². The number of nitrogens with two attached hydrogens (primary N) is 1. The van der Waals surface area contributed by atoms with Gasteiger partial charge in [-0.1, -0.05) is 38.2 Å². The highest BCUT2D eigenvalue weighted by molar-refractivity contribution is 6.02. The summed E-state index contributed by atoms with van der Waals surface area (Å²) in [5.41, 5.74) is 6.41. The van der Waals surface area contributed by atoms with Crippen molar-refractivity contribution in [2.45, 2.75) is 89.5 Å². The maximum atomic E-state index is 13.5. The second-order valence-electron chi connectivity index (χ2n) is 12.6. The molecule has 192 valence electrons. The monoisotopic (exact) mass is 489 g/mol. The summed E-state index contributed by atoms with van der Waals surface area (Å²) in [4.78, 5) is 39.1. The molecule has 0 aliphatic heterocycles. The van der Waals surface area contributed by atoms with Crippen LogP contribution in [-0.2, 0) is 9.59 Å². The van der Waals surface area contributed by atoms with Crippen molar-refractivity contribution in [3.05, 3.63) is 40.8 Å². The number of carbonyl (C=O) groups is 2. The van der Waals surface area contributed by atoms with Crippen molar-refractivity contribution >= 4 is 28.3 Å². The quantitative estimate of drug-likeness (QED) is 0.534. The Morgan fingerprint density at radius 1 is 0.972 bits per heavy atom. The number of nitrogens with zero attached hydrogens (tertiary/aromatic N) is 1. The highest BCUT2D eigenvalue weighted by Gasteiger charge is 2.51. The molecule has 7 rings (SSSR count). The fourth-order valence-corrected chi connectivity index (χ4v) is 8.79. The minimum absolute atomic E-state index is 0.0564. The van der Waals surface area contributed by atoms with E-state index in [1.165, 1.54) is 62.4 Å². The lowest BCUT2D eigenvalue weighted by atomic mass is 9.49. The van der Waals surface area contributed by atoms with E-state index in [2.05, 4.69) is 5.32 Å². The van der Waals surface area contributed by atoms with Crippen LogP contribution in [-0.4, -0.2) is 16.4 Å². The Morgan fingerprint density at radius 2 is 1.64 bits per heavy atom. The Balaban J connectivity index is 1.22. The van der Waals surface area contributed by atoms with Crippen LogP contribution >= 0.6 is 0 Å². The first kappa shape index (κ1) is 23.7. The minimum Gasteiger partial charge on any atom is -0.368 e. The normalized spacial score (nSPS) is 30.4. The number of rotatable bonds is 7. The second kappa shape index (κ2) is 9.35. The summed E-state index contributed by atoms with van der Waals surface area (Å²) in [5.74, 6) is 2.46. The molecule has 5 aliphatic rings. The van der Waals surface area contributed by atoms with Gasteiger partial charge in [0.1, 0.15) is 6.04 Å². The molecule has 2 amide bonds. The standard InChI is InChI=1S/C30H39N3O3/c31-28(35)26(14-19-5-2-1-3-6-19)33-10-9-23-24(29(33)36)7-4-8-25(23)32-27(34)18-30-15-20-11-21(16-30)13-22(12-20)17-30/h4,7-10,19-22,26H,1-3,5-6,11-18H2,(H2,31,35)(H,32,34). The van der Waals surface area contributed by atoms with Gasteiger partial charge >= 0.3 is 0 Å². The van der Waals surface area contributed by atoms with Gasteiger partial charge in [0.2, 0.25) is 11.8 Å². The number of fused-ring (bicyclic) bond motifs is 1. The lowest BCUT2D eigenvalue weighted by Crippen LogP contribution is -2.47. The molecule has 4 bridgehead atoms. The summed E-state index contributed by atoms with van der Waals surface area (Å²) >= 11 is 0. The molecule has 2 aromatic rings. The van der Waals surface area contributed by atoms with Crippen molar-refractivity contribution in [3.8, 4) is 0 Å². The van der Waals surface area contributed by atoms with E-state index < -0.39 is 11.9 Å². The minimum atomic E-state index is -0.640. The van der Waals surface area contributed by atoms with Crippen LogP contribution in [0.2, 0.25) is 0 Å². The third-order valence-electron chi connectivity index (χ3n) is 9.89. The number of primary amides is 1. The first-order valence-corrected chi connectivity index (χ1v) is 14.1. The van der Waals surface area contributed by atoms with Gasteiger partial charge in [-0.15, -0.1) is 0 Å². The average molecular weight is 490 g/mol. The van der Waals surface area contributed by atoms with Crippen molar-refractivity contribution in [1.29, 1.82) is 0 Å². The van der Waals surface area contributed by atoms with E-state index in [0.29, 0.717) is 29.8 Å². The van der Waals surface area contributed by atoms with Gasteiger partial charge in [-0.2, -0.15) is 0 Å². The van der Waals surface area contributed by atoms with Crippen LogP contribution in [0, 0.1) is 29.1 Å². The number of anilines is 1. The maximum absolute atomic E-state index is 13.5. The molecule has 3 N–H and O–H groups in total. The SMILES string of the molecule is NC(=O)C(CC1CCCCC1)n1ccc2c(NC(=O)CC34CC5CC(CC(C5)C3)C4)cccc2c1=O. The first-order valence-electron chi connectivity index (χ1n) is 14.1. The predicted molar refractivity (Wildman–Crippen MR) is 141 cm³/mol. The van der Waals surface area contributed by atoms with E-state index in [0.717, 1.165) is 36.0 Å². The van der Waals surface area contributed by atoms with E-state index in [1.54, 1.807) is 12.3 Å². The van der Waals surface area contributed by atoms with E-state index in [-0.39, 0.29) is 16.9 Å². The number of hydrogen-bond donors (Lipinski definition) is 2. The Bertz CT molecular complexity index is 1190. The summed E-state index contributed by atoms with van der Waals surface area (Å²) in [6.07, 6.45) is 16.3. The van der Waals surface area contributed by atoms with Crippen molar-refractivity contribution in [2.24, 2.45) is 34.8 Å². The third-order valence-corrected chi connectivity index (χ3v) is 9.89. The number of amides is 2. The van der Waals surface area contributed by atoms with E-state index >= 15 is 0 Å². The molecule has 5 fully saturated rings. The molecular formula is C30H39N3O3. The number of carbonyl (C=O) groups excluding carboxylic acids is 2. The molecule has 1 unspecified atom stereocenters. The number of aromatic nitrogens is 1. The molecular weight excluding hydrogens is 450 g/mol. The van der Waals surface area contributed by atoms with Crippen LogP contribution in [0.3, 0.4) is 0 Å². The van der Waals surface area contributed by atoms with Gasteiger partial charge in [0, 0.05) is 29.1 Å². The number of hydrogen-bond acceptors (Lipinski definition) is 3. The zero-order valence-electron chi connectivity index (χ0n) is 21.2. The fraction of sp³-hybridized carbons (Fsp3) is 0.633. The predicted octanol–water partition coefficient (Wildman–Crippen LogP) is 5.54. The number of pyridine rings is 1. The molecule has 5 saturated carbocycles. The Morgan fingerprint density at radius 3 is 2.28 bits per heavy atom. The molecule has 0 saturated heterocycles. The van der Waals surface area contributed by atoms with Crippen molar-refractivity contribution in [1.82, 2.24) is 4.57 Å². The van der Waals surface area contributed by atoms with Gasteiger partial charge < -0.3 is 15.6 Å². The van der Waals surface area contributed by atoms with Crippen molar-refractivity contribution < 1.29 is 9.59 Å². The van der Waals surface area contributed by atoms with E-state index in [1.807, 2.05) is 18.2 Å². The maximum Gasteiger partial charge on any atom is 0.259 e. The highest BCUT2D eigenvalue weighted by Crippen LogP contribution is 2.61. The van der Waals surface area contributed by atoms with Gasteiger partial charge in [-0.25, -0.2) is 0 Å². The molecule has 1 aromatic carbocycles. The first-order chi connectivity index (χ1) is 17.4. The van der Waals surface area contributed by atoms with E-state index in [4.69, 9.17) is 5.73 Å². The van der Waals surface area contributed by atoms with Gasteiger partial charge in [0.15, 0.2) is 0 Å². The van der Waals surface area contributed by atoms with Crippen LogP contribution < -0.4 is 16.6 Å². The van der Waals surface area contributed by atoms with Crippen LogP contribution in [0.4, 0.5) is 5.69 Å². The number of benzene rings is 1. The number of nitrogens with one attached hydrogen (secondary N) is 1. The molecule has 1 aromatic heterocycles. The zero-order chi connectivity index (χ0) is 24.9. The Hall–Kier alpha value is -2.63. The molecule has 6 heteroatoms. The largest absolute Gasteiger partial charge is 0.368 e. The van der Waals surface area contributed by atoms with Gasteiger partial charge in [0.25, 0.3) is 5.56 Å². The van der Waals surface area contributed by atoms with Gasteiger partial charge in [-0.05, 0) is 92.2 Å². The molecule has 36 heavy (non-hydrogen) atoms. The van der Waals surface area contributed by atoms with Crippen LogP contribution in [0.25, 0.3) is 10.8 Å². The third kappa shape index (κ3) is 4.48. The Kier molecular flexibility index (Phi) is 6.17. The van der Waals surface area contributed by atoms with Crippen LogP contribution in [0.5, 0.6) is 0 Å². The van der Waals surface area contributed by atoms with Gasteiger partial charge in [0.05, 0.1) is 0 Å². The molecule has 5 aliphatic carbocycles. The van der Waals surface area contributed by atoms with Crippen LogP contribution in [0.1, 0.15) is 89.5 Å². The summed E-state index contributed by atoms with van der Waals surface area (Å²) in [7, 11) is 0. The lowest BCUT2D eigenvalue weighted by molar-refractivity contribution is -0.124. The summed E-state index contributed by atoms with van der Waals surface area (Å²) in [6.45, 7) is 0. The fourth-order valence-electron chi connectivity index (χ4n) is 8.79. The molecule has 0 spiro atoms. The van der Waals surface area contributed by atoms with Gasteiger partial charge in [-0.3, -0.25) is 14.4 Å². The summed E-state index contributed by atoms with van der Waals surface area (Å²) in [6, 6.07) is 6.68. The smallest absolute Gasteiger partial charge is 0.259 e. The lowest BCUT2D eigenvalue weighted by Gasteiger charge is -2.56. The summed E-state index contributed by atoms with van der Waals surface area (Å²) < 4.78 is 1.51. The topological polar surface area (TPSA) is 94.2 Å². The van der Waals surface area contributed by atoms with E-state index in [9.17, 15) is 14.4 Å². The molecule has 6 nitrogen and oxygen atoms in total. The second-order valence-corrected chi connectivity index (χ2v) is 12.6. The summed E-state index contributed by atoms with van der Waals surface area (Å²) in [5, 5.41) is 4.38. The molecule has 1 heterocycles. The van der Waals surface area contributed by atoms with Crippen molar-refractivity contribution in [2.75, 3.05) is 5.32 Å².